The first-order valence-corrected chi connectivity index (χ1v) is 10.9. The Bertz CT molecular complexity index is 1360. The van der Waals surface area contributed by atoms with Crippen molar-refractivity contribution in [2.45, 2.75) is 39.3 Å². The van der Waals surface area contributed by atoms with Crippen LogP contribution in [0.25, 0.3) is 10.8 Å². The minimum atomic E-state index is -4.45. The minimum absolute atomic E-state index is 0.0861. The number of imidazole rings is 1. The molecule has 1 atom stereocenters. The Hall–Kier alpha value is -3.66. The number of nitrogens with one attached hydrogen (secondary N) is 1. The summed E-state index contributed by atoms with van der Waals surface area (Å²) in [6, 6.07) is 9.99. The van der Waals surface area contributed by atoms with Crippen LogP contribution in [0.1, 0.15) is 34.4 Å². The second-order valence-electron chi connectivity index (χ2n) is 8.52. The van der Waals surface area contributed by atoms with Crippen LogP contribution in [0.4, 0.5) is 24.7 Å². The summed E-state index contributed by atoms with van der Waals surface area (Å²) in [5, 5.41) is 13.0. The van der Waals surface area contributed by atoms with Crippen LogP contribution in [-0.2, 0) is 19.3 Å². The third kappa shape index (κ3) is 4.05. The Kier molecular flexibility index (Phi) is 5.40. The summed E-state index contributed by atoms with van der Waals surface area (Å²) < 4.78 is 42.2. The van der Waals surface area contributed by atoms with E-state index >= 15 is 0 Å². The van der Waals surface area contributed by atoms with Gasteiger partial charge in [-0.15, -0.1) is 5.10 Å². The molecule has 2 aromatic carbocycles. The second-order valence-corrected chi connectivity index (χ2v) is 8.52. The highest BCUT2D eigenvalue weighted by atomic mass is 19.4. The van der Waals surface area contributed by atoms with Crippen molar-refractivity contribution < 1.29 is 13.2 Å². The van der Waals surface area contributed by atoms with Crippen LogP contribution in [0.2, 0.25) is 0 Å². The zero-order valence-electron chi connectivity index (χ0n) is 18.8. The molecule has 3 heterocycles. The molecular formula is C24H24F3N7. The van der Waals surface area contributed by atoms with Gasteiger partial charge in [0, 0.05) is 35.7 Å². The molecule has 7 nitrogen and oxygen atoms in total. The topological polar surface area (TPSA) is 84.9 Å². The molecule has 0 unspecified atom stereocenters. The Labute approximate surface area is 194 Å². The Morgan fingerprint density at radius 3 is 2.74 bits per heavy atom. The Morgan fingerprint density at radius 1 is 1.12 bits per heavy atom. The molecule has 176 valence electrons. The molecule has 4 aromatic rings. The predicted octanol–water partition coefficient (Wildman–Crippen LogP) is 4.55. The number of fused-ring (bicyclic) bond motifs is 2. The Balaban J connectivity index is 1.46. The number of hydrogen-bond acceptors (Lipinski definition) is 6. The normalized spacial score (nSPS) is 14.8. The fourth-order valence-corrected chi connectivity index (χ4v) is 4.51. The van der Waals surface area contributed by atoms with Gasteiger partial charge in [-0.3, -0.25) is 0 Å². The first-order valence-electron chi connectivity index (χ1n) is 10.9. The van der Waals surface area contributed by atoms with E-state index in [0.717, 1.165) is 47.1 Å². The third-order valence-electron chi connectivity index (χ3n) is 6.24. The highest BCUT2D eigenvalue weighted by Gasteiger charge is 2.33. The van der Waals surface area contributed by atoms with Gasteiger partial charge in [-0.05, 0) is 43.2 Å². The number of hydrogen-bond donors (Lipinski definition) is 2. The average Bonchev–Trinajstić information content (AvgIpc) is 3.17. The van der Waals surface area contributed by atoms with Gasteiger partial charge in [0.2, 0.25) is 0 Å². The van der Waals surface area contributed by atoms with E-state index in [1.165, 1.54) is 13.0 Å². The van der Waals surface area contributed by atoms with E-state index in [4.69, 9.17) is 5.73 Å². The number of anilines is 2. The first-order chi connectivity index (χ1) is 16.2. The summed E-state index contributed by atoms with van der Waals surface area (Å²) in [6.45, 7) is 5.77. The number of benzene rings is 2. The van der Waals surface area contributed by atoms with Gasteiger partial charge in [0.15, 0.2) is 5.82 Å². The van der Waals surface area contributed by atoms with Crippen LogP contribution in [0.3, 0.4) is 0 Å². The molecule has 0 saturated heterocycles. The van der Waals surface area contributed by atoms with Crippen molar-refractivity contribution in [3.8, 4) is 0 Å². The first kappa shape index (κ1) is 22.1. The zero-order chi connectivity index (χ0) is 24.0. The van der Waals surface area contributed by atoms with Crippen LogP contribution in [-0.4, -0.2) is 26.3 Å². The second kappa shape index (κ2) is 8.28. The van der Waals surface area contributed by atoms with E-state index in [-0.39, 0.29) is 5.56 Å². The summed E-state index contributed by atoms with van der Waals surface area (Å²) in [6.07, 6.45) is -1.63. The van der Waals surface area contributed by atoms with Crippen molar-refractivity contribution in [2.75, 3.05) is 16.8 Å². The van der Waals surface area contributed by atoms with E-state index < -0.39 is 17.9 Å². The van der Waals surface area contributed by atoms with Crippen LogP contribution < -0.4 is 16.0 Å². The van der Waals surface area contributed by atoms with Crippen LogP contribution in [0.5, 0.6) is 0 Å². The molecule has 0 aliphatic carbocycles. The Morgan fingerprint density at radius 2 is 1.94 bits per heavy atom. The zero-order valence-corrected chi connectivity index (χ0v) is 18.8. The fourth-order valence-electron chi connectivity index (χ4n) is 4.51. The van der Waals surface area contributed by atoms with E-state index in [2.05, 4.69) is 36.2 Å². The lowest BCUT2D eigenvalue weighted by Crippen LogP contribution is -2.33. The van der Waals surface area contributed by atoms with Gasteiger partial charge < -0.3 is 20.5 Å². The quantitative estimate of drug-likeness (QED) is 0.429. The molecule has 1 aliphatic heterocycles. The summed E-state index contributed by atoms with van der Waals surface area (Å²) in [7, 11) is 0. The van der Waals surface area contributed by atoms with Gasteiger partial charge >= 0.3 is 6.18 Å². The number of alkyl halides is 3. The largest absolute Gasteiger partial charge is 0.416 e. The summed E-state index contributed by atoms with van der Waals surface area (Å²) >= 11 is 0. The molecule has 0 saturated carbocycles. The van der Waals surface area contributed by atoms with E-state index in [0.29, 0.717) is 17.9 Å². The fraction of sp³-hybridized carbons (Fsp3) is 0.292. The van der Waals surface area contributed by atoms with Crippen LogP contribution >= 0.6 is 0 Å². The van der Waals surface area contributed by atoms with Crippen molar-refractivity contribution in [3.63, 3.8) is 0 Å². The molecule has 10 heteroatoms. The lowest BCUT2D eigenvalue weighted by Gasteiger charge is -2.30. The number of nitrogens with zero attached hydrogens (tertiary/aromatic N) is 5. The monoisotopic (exact) mass is 467 g/mol. The maximum Gasteiger partial charge on any atom is 0.416 e. The van der Waals surface area contributed by atoms with Gasteiger partial charge in [-0.1, -0.05) is 18.2 Å². The molecule has 0 fully saturated rings. The highest BCUT2D eigenvalue weighted by molar-refractivity contribution is 5.93. The SMILES string of the molecule is Cc1cn2c(n1)CN(c1ccc3cnnc(N[C@H](N)c4cccc(C(F)(F)F)c4C)c3c1)CC2. The van der Waals surface area contributed by atoms with E-state index in [9.17, 15) is 13.2 Å². The minimum Gasteiger partial charge on any atom is -0.362 e. The molecule has 0 bridgehead atoms. The van der Waals surface area contributed by atoms with Crippen molar-refractivity contribution >= 4 is 22.3 Å². The highest BCUT2D eigenvalue weighted by Crippen LogP contribution is 2.35. The number of halogens is 3. The number of rotatable bonds is 4. The maximum atomic E-state index is 13.3. The molecule has 5 rings (SSSR count). The van der Waals surface area contributed by atoms with Crippen LogP contribution in [0.15, 0.2) is 48.8 Å². The molecule has 1 aliphatic rings. The molecule has 3 N–H and O–H groups in total. The molecule has 0 spiro atoms. The predicted molar refractivity (Wildman–Crippen MR) is 124 cm³/mol. The molecule has 34 heavy (non-hydrogen) atoms. The number of aromatic nitrogens is 4. The van der Waals surface area contributed by atoms with Gasteiger partial charge in [0.25, 0.3) is 0 Å². The van der Waals surface area contributed by atoms with Crippen molar-refractivity contribution in [1.82, 2.24) is 19.7 Å². The van der Waals surface area contributed by atoms with Crippen LogP contribution in [0, 0.1) is 13.8 Å². The van der Waals surface area contributed by atoms with Crippen molar-refractivity contribution in [1.29, 1.82) is 0 Å². The molecule has 0 radical (unpaired) electrons. The molecule has 2 aromatic heterocycles. The van der Waals surface area contributed by atoms with E-state index in [1.54, 1.807) is 12.3 Å². The summed E-state index contributed by atoms with van der Waals surface area (Å²) in [5.41, 5.74) is 8.03. The van der Waals surface area contributed by atoms with Gasteiger partial charge in [0.1, 0.15) is 12.0 Å². The lowest BCUT2D eigenvalue weighted by atomic mass is 10.00. The maximum absolute atomic E-state index is 13.3. The van der Waals surface area contributed by atoms with Gasteiger partial charge in [0.05, 0.1) is 24.0 Å². The smallest absolute Gasteiger partial charge is 0.362 e. The number of aryl methyl sites for hydroxylation is 1. The average molecular weight is 467 g/mol. The lowest BCUT2D eigenvalue weighted by molar-refractivity contribution is -0.138. The van der Waals surface area contributed by atoms with Crippen molar-refractivity contribution in [2.24, 2.45) is 5.73 Å². The molecule has 0 amide bonds. The summed E-state index contributed by atoms with van der Waals surface area (Å²) in [5.74, 6) is 1.43. The molecular weight excluding hydrogens is 443 g/mol. The van der Waals surface area contributed by atoms with E-state index in [1.807, 2.05) is 25.1 Å². The number of nitrogens with two attached hydrogens (primary N) is 1. The van der Waals surface area contributed by atoms with Gasteiger partial charge in [-0.2, -0.15) is 18.3 Å². The van der Waals surface area contributed by atoms with Crippen molar-refractivity contribution in [3.05, 3.63) is 77.0 Å². The summed E-state index contributed by atoms with van der Waals surface area (Å²) in [4.78, 5) is 6.84. The van der Waals surface area contributed by atoms with Gasteiger partial charge in [-0.25, -0.2) is 4.98 Å². The standard InChI is InChI=1S/C24H24F3N7/c1-14-12-34-9-8-33(13-21(34)30-14)17-7-6-16-11-29-32-23(19(16)10-17)31-22(28)18-4-3-5-20(15(18)2)24(25,26)27/h3-7,10-12,22H,8-9,13,28H2,1-2H3,(H,31,32)/t22-/m0/s1. The third-order valence-corrected chi connectivity index (χ3v) is 6.24.